The molecule has 2 aromatic carbocycles. The normalized spacial score (nSPS) is 11.5. The fourth-order valence-electron chi connectivity index (χ4n) is 2.36. The van der Waals surface area contributed by atoms with E-state index in [0.717, 1.165) is 6.07 Å². The highest BCUT2D eigenvalue weighted by Gasteiger charge is 2.23. The number of rotatable bonds is 8. The molecule has 0 aliphatic rings. The molecule has 142 valence electrons. The molecule has 0 radical (unpaired) electrons. The fourth-order valence-corrected chi connectivity index (χ4v) is 2.91. The van der Waals surface area contributed by atoms with Crippen LogP contribution in [-0.4, -0.2) is 35.6 Å². The van der Waals surface area contributed by atoms with Crippen molar-refractivity contribution in [3.63, 3.8) is 0 Å². The zero-order valence-corrected chi connectivity index (χ0v) is 15.9. The second kappa shape index (κ2) is 9.18. The minimum Gasteiger partial charge on any atom is -0.494 e. The van der Waals surface area contributed by atoms with Crippen molar-refractivity contribution < 1.29 is 24.0 Å². The summed E-state index contributed by atoms with van der Waals surface area (Å²) in [6.07, 6.45) is 0.674. The van der Waals surface area contributed by atoms with Gasteiger partial charge in [-0.15, -0.1) is 11.8 Å². The summed E-state index contributed by atoms with van der Waals surface area (Å²) in [6, 6.07) is 10.6. The smallest absolute Gasteiger partial charge is 0.339 e. The largest absolute Gasteiger partial charge is 0.494 e. The van der Waals surface area contributed by atoms with Gasteiger partial charge >= 0.3 is 5.97 Å². The van der Waals surface area contributed by atoms with E-state index in [2.05, 4.69) is 0 Å². The van der Waals surface area contributed by atoms with Gasteiger partial charge in [0.2, 0.25) is 5.78 Å². The lowest BCUT2D eigenvalue weighted by molar-refractivity contribution is -0.387. The molecule has 0 aromatic heterocycles. The molecule has 1 atom stereocenters. The lowest BCUT2D eigenvalue weighted by Gasteiger charge is -2.13. The third-order valence-corrected chi connectivity index (χ3v) is 4.50. The summed E-state index contributed by atoms with van der Waals surface area (Å²) in [4.78, 5) is 35.7. The summed E-state index contributed by atoms with van der Waals surface area (Å²) < 4.78 is 10.5. The van der Waals surface area contributed by atoms with Gasteiger partial charge in [0.05, 0.1) is 22.0 Å². The van der Waals surface area contributed by atoms with Crippen LogP contribution in [0.4, 0.5) is 5.69 Å². The standard InChI is InChI=1S/C19H19NO6S/c1-4-25-15-8-5-13(6-9-15)18(21)12(2)26-19(22)14-7-10-17(27-3)16(11-14)20(23)24/h5-12H,4H2,1-3H3/t12-/m0/s1. The second-order valence-corrected chi connectivity index (χ2v) is 6.36. The highest BCUT2D eigenvalue weighted by Crippen LogP contribution is 2.28. The molecule has 0 saturated carbocycles. The molecule has 0 unspecified atom stereocenters. The number of hydrogen-bond acceptors (Lipinski definition) is 7. The first kappa shape index (κ1) is 20.4. The molecule has 0 amide bonds. The Hall–Kier alpha value is -2.87. The van der Waals surface area contributed by atoms with E-state index < -0.39 is 17.0 Å². The van der Waals surface area contributed by atoms with Crippen LogP contribution in [0.2, 0.25) is 0 Å². The zero-order valence-electron chi connectivity index (χ0n) is 15.1. The predicted molar refractivity (Wildman–Crippen MR) is 102 cm³/mol. The van der Waals surface area contributed by atoms with Gasteiger partial charge in [0, 0.05) is 11.6 Å². The Kier molecular flexibility index (Phi) is 6.95. The van der Waals surface area contributed by atoms with E-state index in [-0.39, 0.29) is 17.0 Å². The van der Waals surface area contributed by atoms with Crippen LogP contribution in [0.5, 0.6) is 5.75 Å². The Morgan fingerprint density at radius 1 is 1.15 bits per heavy atom. The molecule has 0 aliphatic carbocycles. The van der Waals surface area contributed by atoms with Crippen molar-refractivity contribution in [3.05, 3.63) is 63.7 Å². The number of carbonyl (C=O) groups is 2. The number of ketones is 1. The molecular formula is C19H19NO6S. The summed E-state index contributed by atoms with van der Waals surface area (Å²) in [6.45, 7) is 3.83. The maximum absolute atomic E-state index is 12.4. The number of nitro benzene ring substituents is 1. The molecule has 0 saturated heterocycles. The van der Waals surface area contributed by atoms with Gasteiger partial charge in [-0.2, -0.15) is 0 Å². The Balaban J connectivity index is 2.11. The molecule has 0 heterocycles. The number of benzene rings is 2. The first-order valence-electron chi connectivity index (χ1n) is 8.17. The Bertz CT molecular complexity index is 850. The van der Waals surface area contributed by atoms with Crippen LogP contribution >= 0.6 is 11.8 Å². The molecule has 2 rings (SSSR count). The number of carbonyl (C=O) groups excluding carboxylic acids is 2. The summed E-state index contributed by atoms with van der Waals surface area (Å²) in [7, 11) is 0. The molecule has 2 aromatic rings. The van der Waals surface area contributed by atoms with Crippen molar-refractivity contribution in [3.8, 4) is 5.75 Å². The summed E-state index contributed by atoms with van der Waals surface area (Å²) in [5.74, 6) is -0.529. The van der Waals surface area contributed by atoms with Gasteiger partial charge in [-0.3, -0.25) is 14.9 Å². The predicted octanol–water partition coefficient (Wildman–Crippen LogP) is 4.14. The quantitative estimate of drug-likeness (QED) is 0.220. The Labute approximate surface area is 160 Å². The minimum atomic E-state index is -1.03. The number of esters is 1. The number of Topliss-reactive ketones (excluding diaryl/α,β-unsaturated/α-hetero) is 1. The molecule has 0 N–H and O–H groups in total. The van der Waals surface area contributed by atoms with E-state index in [0.29, 0.717) is 22.8 Å². The minimum absolute atomic E-state index is 0.0193. The number of ether oxygens (including phenoxy) is 2. The number of thioether (sulfide) groups is 1. The average molecular weight is 389 g/mol. The lowest BCUT2D eigenvalue weighted by Crippen LogP contribution is -2.24. The van der Waals surface area contributed by atoms with E-state index in [9.17, 15) is 19.7 Å². The fraction of sp³-hybridized carbons (Fsp3) is 0.263. The van der Waals surface area contributed by atoms with E-state index >= 15 is 0 Å². The van der Waals surface area contributed by atoms with E-state index in [1.807, 2.05) is 6.92 Å². The molecule has 8 heteroatoms. The van der Waals surface area contributed by atoms with Crippen LogP contribution in [0.1, 0.15) is 34.6 Å². The van der Waals surface area contributed by atoms with Gasteiger partial charge in [-0.1, -0.05) is 0 Å². The van der Waals surface area contributed by atoms with Gasteiger partial charge in [0.25, 0.3) is 5.69 Å². The van der Waals surface area contributed by atoms with Gasteiger partial charge in [-0.05, 0) is 56.5 Å². The van der Waals surface area contributed by atoms with Crippen molar-refractivity contribution >= 4 is 29.2 Å². The van der Waals surface area contributed by atoms with E-state index in [1.165, 1.54) is 30.8 Å². The summed E-state index contributed by atoms with van der Waals surface area (Å²) in [5, 5.41) is 11.1. The number of nitrogens with zero attached hydrogens (tertiary/aromatic N) is 1. The maximum Gasteiger partial charge on any atom is 0.339 e. The molecular weight excluding hydrogens is 370 g/mol. The summed E-state index contributed by atoms with van der Waals surface area (Å²) in [5.41, 5.74) is 0.218. The summed E-state index contributed by atoms with van der Waals surface area (Å²) >= 11 is 1.21. The SMILES string of the molecule is CCOc1ccc(C(=O)[C@H](C)OC(=O)c2ccc(SC)c([N+](=O)[O-])c2)cc1. The van der Waals surface area contributed by atoms with Crippen molar-refractivity contribution in [2.24, 2.45) is 0 Å². The molecule has 7 nitrogen and oxygen atoms in total. The van der Waals surface area contributed by atoms with Crippen molar-refractivity contribution in [1.82, 2.24) is 0 Å². The van der Waals surface area contributed by atoms with Crippen LogP contribution < -0.4 is 4.74 Å². The number of hydrogen-bond donors (Lipinski definition) is 0. The monoisotopic (exact) mass is 389 g/mol. The van der Waals surface area contributed by atoms with Gasteiger partial charge in [0.1, 0.15) is 5.75 Å². The van der Waals surface area contributed by atoms with Crippen molar-refractivity contribution in [2.45, 2.75) is 24.8 Å². The van der Waals surface area contributed by atoms with Gasteiger partial charge in [-0.25, -0.2) is 4.79 Å². The Morgan fingerprint density at radius 3 is 2.33 bits per heavy atom. The van der Waals surface area contributed by atoms with E-state index in [1.54, 1.807) is 30.5 Å². The molecule has 0 fully saturated rings. The van der Waals surface area contributed by atoms with Crippen LogP contribution in [0.25, 0.3) is 0 Å². The topological polar surface area (TPSA) is 95.7 Å². The first-order chi connectivity index (χ1) is 12.9. The highest BCUT2D eigenvalue weighted by molar-refractivity contribution is 7.98. The van der Waals surface area contributed by atoms with Crippen LogP contribution in [-0.2, 0) is 4.74 Å². The maximum atomic E-state index is 12.4. The average Bonchev–Trinajstić information content (AvgIpc) is 2.67. The van der Waals surface area contributed by atoms with Crippen molar-refractivity contribution in [1.29, 1.82) is 0 Å². The van der Waals surface area contributed by atoms with Crippen LogP contribution in [0.15, 0.2) is 47.4 Å². The molecule has 0 bridgehead atoms. The molecule has 27 heavy (non-hydrogen) atoms. The molecule has 0 aliphatic heterocycles. The second-order valence-electron chi connectivity index (χ2n) is 5.51. The number of nitro groups is 1. The van der Waals surface area contributed by atoms with Gasteiger partial charge < -0.3 is 9.47 Å². The van der Waals surface area contributed by atoms with Gasteiger partial charge in [0.15, 0.2) is 6.10 Å². The van der Waals surface area contributed by atoms with Crippen LogP contribution in [0, 0.1) is 10.1 Å². The van der Waals surface area contributed by atoms with E-state index in [4.69, 9.17) is 9.47 Å². The van der Waals surface area contributed by atoms with Crippen LogP contribution in [0.3, 0.4) is 0 Å². The molecule has 0 spiro atoms. The third-order valence-electron chi connectivity index (χ3n) is 3.71. The third kappa shape index (κ3) is 5.07. The van der Waals surface area contributed by atoms with Crippen molar-refractivity contribution in [2.75, 3.05) is 12.9 Å². The first-order valence-corrected chi connectivity index (χ1v) is 9.40. The highest BCUT2D eigenvalue weighted by atomic mass is 32.2. The zero-order chi connectivity index (χ0) is 20.0. The Morgan fingerprint density at radius 2 is 1.78 bits per heavy atom. The lowest BCUT2D eigenvalue weighted by atomic mass is 10.1.